The largest absolute Gasteiger partial charge is 0.468 e. The van der Waals surface area contributed by atoms with Crippen LogP contribution in [0, 0.1) is 0 Å². The molecule has 0 rings (SSSR count). The van der Waals surface area contributed by atoms with Gasteiger partial charge in [0.25, 0.3) is 0 Å². The van der Waals surface area contributed by atoms with Crippen LogP contribution >= 0.6 is 12.4 Å². The Kier molecular flexibility index (Phi) is 11.2. The second-order valence-electron chi connectivity index (χ2n) is 4.11. The second-order valence-corrected chi connectivity index (χ2v) is 4.11. The molecule has 0 aliphatic carbocycles. The molecule has 0 aliphatic heterocycles. The van der Waals surface area contributed by atoms with Gasteiger partial charge in [-0.3, -0.25) is 14.4 Å². The SMILES string of the molecule is COC(=O)C(N)CC(=O)CCC(=O)CCC(C)=O.Cl. The summed E-state index contributed by atoms with van der Waals surface area (Å²) in [6.07, 6.45) is 0.356. The minimum atomic E-state index is -0.977. The molecule has 0 heterocycles. The van der Waals surface area contributed by atoms with Crippen LogP contribution in [0.25, 0.3) is 0 Å². The van der Waals surface area contributed by atoms with Gasteiger partial charge in [0.15, 0.2) is 0 Å². The lowest BCUT2D eigenvalue weighted by Crippen LogP contribution is -2.33. The van der Waals surface area contributed by atoms with Crippen molar-refractivity contribution in [3.05, 3.63) is 0 Å². The van der Waals surface area contributed by atoms with E-state index in [1.165, 1.54) is 14.0 Å². The van der Waals surface area contributed by atoms with Gasteiger partial charge in [0.2, 0.25) is 0 Å². The van der Waals surface area contributed by atoms with Crippen molar-refractivity contribution >= 4 is 35.7 Å². The van der Waals surface area contributed by atoms with E-state index in [-0.39, 0.29) is 61.9 Å². The zero-order chi connectivity index (χ0) is 14.1. The summed E-state index contributed by atoms with van der Waals surface area (Å²) in [5.74, 6) is -1.09. The molecule has 0 saturated heterocycles. The van der Waals surface area contributed by atoms with Crippen molar-refractivity contribution < 1.29 is 23.9 Å². The van der Waals surface area contributed by atoms with Crippen LogP contribution < -0.4 is 5.73 Å². The number of ketones is 3. The van der Waals surface area contributed by atoms with E-state index < -0.39 is 12.0 Å². The number of nitrogens with two attached hydrogens (primary N) is 1. The van der Waals surface area contributed by atoms with Gasteiger partial charge in [0.05, 0.1) is 7.11 Å². The predicted octanol–water partition coefficient (Wildman–Crippen LogP) is 0.586. The van der Waals surface area contributed by atoms with Gasteiger partial charge in [-0.05, 0) is 6.92 Å². The molecule has 0 radical (unpaired) electrons. The summed E-state index contributed by atoms with van der Waals surface area (Å²) in [6, 6.07) is -0.977. The number of hydrogen-bond acceptors (Lipinski definition) is 6. The molecule has 2 N–H and O–H groups in total. The summed E-state index contributed by atoms with van der Waals surface area (Å²) in [5, 5.41) is 0. The van der Waals surface area contributed by atoms with Crippen molar-refractivity contribution in [1.29, 1.82) is 0 Å². The van der Waals surface area contributed by atoms with E-state index in [9.17, 15) is 19.2 Å². The van der Waals surface area contributed by atoms with Crippen LogP contribution in [0.15, 0.2) is 0 Å². The number of Topliss-reactive ketones (excluding diaryl/α,β-unsaturated/α-hetero) is 3. The average Bonchev–Trinajstić information content (AvgIpc) is 2.32. The van der Waals surface area contributed by atoms with Crippen LogP contribution in [0.1, 0.15) is 39.0 Å². The molecule has 0 aliphatic rings. The molecule has 1 atom stereocenters. The van der Waals surface area contributed by atoms with E-state index in [1.807, 2.05) is 0 Å². The van der Waals surface area contributed by atoms with Crippen molar-refractivity contribution in [3.63, 3.8) is 0 Å². The lowest BCUT2D eigenvalue weighted by molar-refractivity contribution is -0.143. The normalized spacial score (nSPS) is 11.1. The van der Waals surface area contributed by atoms with Crippen LogP contribution in [0.2, 0.25) is 0 Å². The highest BCUT2D eigenvalue weighted by Gasteiger charge is 2.18. The standard InChI is InChI=1S/C12H19NO5.ClH/c1-8(14)3-4-9(15)5-6-10(16)7-11(13)12(17)18-2;/h11H,3-7,13H2,1-2H3;1H. The second kappa shape index (κ2) is 10.6. The summed E-state index contributed by atoms with van der Waals surface area (Å²) in [6.45, 7) is 1.41. The molecule has 0 saturated carbocycles. The number of halogens is 1. The minimum Gasteiger partial charge on any atom is -0.468 e. The van der Waals surface area contributed by atoms with E-state index in [0.717, 1.165) is 0 Å². The maximum Gasteiger partial charge on any atom is 0.323 e. The van der Waals surface area contributed by atoms with E-state index >= 15 is 0 Å². The Morgan fingerprint density at radius 3 is 1.95 bits per heavy atom. The summed E-state index contributed by atoms with van der Waals surface area (Å²) in [5.41, 5.74) is 5.41. The third kappa shape index (κ3) is 10.3. The number of hydrogen-bond donors (Lipinski definition) is 1. The van der Waals surface area contributed by atoms with Crippen molar-refractivity contribution in [2.24, 2.45) is 5.73 Å². The van der Waals surface area contributed by atoms with Gasteiger partial charge < -0.3 is 15.3 Å². The molecular formula is C12H20ClNO5. The first-order chi connectivity index (χ1) is 8.36. The maximum atomic E-state index is 11.4. The monoisotopic (exact) mass is 293 g/mol. The van der Waals surface area contributed by atoms with Crippen molar-refractivity contribution in [2.75, 3.05) is 7.11 Å². The number of carbonyl (C=O) groups excluding carboxylic acids is 4. The first kappa shape index (κ1) is 20.1. The van der Waals surface area contributed by atoms with Crippen LogP contribution in [-0.4, -0.2) is 36.5 Å². The molecule has 6 nitrogen and oxygen atoms in total. The molecule has 0 bridgehead atoms. The van der Waals surface area contributed by atoms with Gasteiger partial charge in [0.1, 0.15) is 23.4 Å². The highest BCUT2D eigenvalue weighted by atomic mass is 35.5. The smallest absolute Gasteiger partial charge is 0.323 e. The molecule has 0 aromatic carbocycles. The zero-order valence-corrected chi connectivity index (χ0v) is 12.0. The van der Waals surface area contributed by atoms with Crippen LogP contribution in [-0.2, 0) is 23.9 Å². The fourth-order valence-corrected chi connectivity index (χ4v) is 1.30. The van der Waals surface area contributed by atoms with Gasteiger partial charge in [-0.2, -0.15) is 0 Å². The molecule has 1 unspecified atom stereocenters. The van der Waals surface area contributed by atoms with Gasteiger partial charge in [0, 0.05) is 32.1 Å². The Morgan fingerprint density at radius 1 is 1.00 bits per heavy atom. The van der Waals surface area contributed by atoms with Gasteiger partial charge in [-0.25, -0.2) is 0 Å². The summed E-state index contributed by atoms with van der Waals surface area (Å²) in [7, 11) is 1.19. The van der Waals surface area contributed by atoms with Crippen molar-refractivity contribution in [2.45, 2.75) is 45.1 Å². The number of methoxy groups -OCH3 is 1. The van der Waals surface area contributed by atoms with Gasteiger partial charge in [-0.1, -0.05) is 0 Å². The Labute approximate surface area is 118 Å². The summed E-state index contributed by atoms with van der Waals surface area (Å²) >= 11 is 0. The van der Waals surface area contributed by atoms with E-state index in [2.05, 4.69) is 4.74 Å². The highest BCUT2D eigenvalue weighted by molar-refractivity contribution is 5.90. The van der Waals surface area contributed by atoms with Crippen LogP contribution in [0.5, 0.6) is 0 Å². The van der Waals surface area contributed by atoms with E-state index in [4.69, 9.17) is 5.73 Å². The molecular weight excluding hydrogens is 274 g/mol. The van der Waals surface area contributed by atoms with Gasteiger partial charge in [-0.15, -0.1) is 12.4 Å². The Balaban J connectivity index is 0. The zero-order valence-electron chi connectivity index (χ0n) is 11.1. The Bertz CT molecular complexity index is 343. The fourth-order valence-electron chi connectivity index (χ4n) is 1.30. The van der Waals surface area contributed by atoms with E-state index in [0.29, 0.717) is 0 Å². The Morgan fingerprint density at radius 2 is 1.47 bits per heavy atom. The van der Waals surface area contributed by atoms with Crippen molar-refractivity contribution in [1.82, 2.24) is 0 Å². The molecule has 0 amide bonds. The molecule has 19 heavy (non-hydrogen) atoms. The maximum absolute atomic E-state index is 11.4. The third-order valence-electron chi connectivity index (χ3n) is 2.39. The van der Waals surface area contributed by atoms with Crippen molar-refractivity contribution in [3.8, 4) is 0 Å². The molecule has 0 aromatic rings. The summed E-state index contributed by atoms with van der Waals surface area (Å²) in [4.78, 5) is 44.3. The quantitative estimate of drug-likeness (QED) is 0.624. The number of rotatable bonds is 9. The predicted molar refractivity (Wildman–Crippen MR) is 71.0 cm³/mol. The van der Waals surface area contributed by atoms with Gasteiger partial charge >= 0.3 is 5.97 Å². The lowest BCUT2D eigenvalue weighted by Gasteiger charge is -2.07. The Hall–Kier alpha value is -1.27. The minimum absolute atomic E-state index is 0. The van der Waals surface area contributed by atoms with Crippen LogP contribution in [0.3, 0.4) is 0 Å². The average molecular weight is 294 g/mol. The van der Waals surface area contributed by atoms with E-state index in [1.54, 1.807) is 0 Å². The number of ether oxygens (including phenoxy) is 1. The molecule has 110 valence electrons. The van der Waals surface area contributed by atoms with Crippen LogP contribution in [0.4, 0.5) is 0 Å². The molecule has 0 fully saturated rings. The topological polar surface area (TPSA) is 104 Å². The third-order valence-corrected chi connectivity index (χ3v) is 2.39. The highest BCUT2D eigenvalue weighted by Crippen LogP contribution is 2.04. The lowest BCUT2D eigenvalue weighted by atomic mass is 10.0. The summed E-state index contributed by atoms with van der Waals surface area (Å²) < 4.78 is 4.38. The molecule has 0 aromatic heterocycles. The first-order valence-corrected chi connectivity index (χ1v) is 5.73. The molecule has 0 spiro atoms. The molecule has 7 heteroatoms. The first-order valence-electron chi connectivity index (χ1n) is 5.73. The fraction of sp³-hybridized carbons (Fsp3) is 0.667. The number of esters is 1. The number of carbonyl (C=O) groups is 4.